The molecule has 1 aliphatic rings. The molecule has 0 saturated heterocycles. The van der Waals surface area contributed by atoms with E-state index in [0.717, 1.165) is 5.56 Å². The predicted molar refractivity (Wildman–Crippen MR) is 44.5 cm³/mol. The second kappa shape index (κ2) is 2.27. The fourth-order valence-corrected chi connectivity index (χ4v) is 1.47. The molecule has 0 atom stereocenters. The summed E-state index contributed by atoms with van der Waals surface area (Å²) in [6, 6.07) is 5.37. The van der Waals surface area contributed by atoms with Gasteiger partial charge in [0.2, 0.25) is 0 Å². The second-order valence-electron chi connectivity index (χ2n) is 3.07. The summed E-state index contributed by atoms with van der Waals surface area (Å²) in [4.78, 5) is 22.4. The quantitative estimate of drug-likeness (QED) is 0.542. The number of ketones is 2. The van der Waals surface area contributed by atoms with Gasteiger partial charge in [-0.05, 0) is 13.0 Å². The van der Waals surface area contributed by atoms with E-state index in [1.54, 1.807) is 12.1 Å². The maximum Gasteiger partial charge on any atom is 0.171 e. The molecule has 0 amide bonds. The molecular weight excluding hydrogens is 152 g/mol. The number of carbonyl (C=O) groups excluding carboxylic acids is 2. The van der Waals surface area contributed by atoms with Gasteiger partial charge in [0.25, 0.3) is 0 Å². The summed E-state index contributed by atoms with van der Waals surface area (Å²) in [6.07, 6.45) is 0.0544. The third kappa shape index (κ3) is 0.881. The molecule has 0 aromatic heterocycles. The number of Topliss-reactive ketones (excluding diaryl/α,β-unsaturated/α-hetero) is 2. The van der Waals surface area contributed by atoms with Gasteiger partial charge in [-0.1, -0.05) is 17.7 Å². The van der Waals surface area contributed by atoms with Crippen LogP contribution in [0, 0.1) is 6.92 Å². The molecular formula is C10H8O2. The number of rotatable bonds is 0. The van der Waals surface area contributed by atoms with Gasteiger partial charge in [-0.25, -0.2) is 0 Å². The Morgan fingerprint density at radius 1 is 1.08 bits per heavy atom. The van der Waals surface area contributed by atoms with Crippen LogP contribution in [0.2, 0.25) is 0 Å². The summed E-state index contributed by atoms with van der Waals surface area (Å²) in [7, 11) is 0. The SMILES string of the molecule is Cc1ccc2c(c1)C(=O)CC2=O. The van der Waals surface area contributed by atoms with Gasteiger partial charge >= 0.3 is 0 Å². The second-order valence-corrected chi connectivity index (χ2v) is 3.07. The lowest BCUT2D eigenvalue weighted by Crippen LogP contribution is -1.91. The summed E-state index contributed by atoms with van der Waals surface area (Å²) >= 11 is 0. The van der Waals surface area contributed by atoms with E-state index in [0.29, 0.717) is 11.1 Å². The Labute approximate surface area is 70.2 Å². The third-order valence-corrected chi connectivity index (χ3v) is 2.10. The molecule has 0 saturated carbocycles. The topological polar surface area (TPSA) is 34.1 Å². The van der Waals surface area contributed by atoms with Crippen LogP contribution in [0.3, 0.4) is 0 Å². The largest absolute Gasteiger partial charge is 0.294 e. The van der Waals surface area contributed by atoms with Crippen LogP contribution < -0.4 is 0 Å². The molecule has 0 heterocycles. The first-order valence-electron chi connectivity index (χ1n) is 3.85. The normalized spacial score (nSPS) is 15.1. The Balaban J connectivity index is 2.68. The number of hydrogen-bond acceptors (Lipinski definition) is 2. The van der Waals surface area contributed by atoms with Crippen molar-refractivity contribution >= 4 is 11.6 Å². The monoisotopic (exact) mass is 160 g/mol. The van der Waals surface area contributed by atoms with E-state index in [1.165, 1.54) is 0 Å². The standard InChI is InChI=1S/C10H8O2/c1-6-2-3-7-8(4-6)10(12)5-9(7)11/h2-4H,5H2,1H3. The van der Waals surface area contributed by atoms with Crippen LogP contribution in [0.5, 0.6) is 0 Å². The Hall–Kier alpha value is -1.44. The van der Waals surface area contributed by atoms with E-state index in [9.17, 15) is 9.59 Å². The van der Waals surface area contributed by atoms with Crippen molar-refractivity contribution in [2.24, 2.45) is 0 Å². The molecule has 0 fully saturated rings. The zero-order valence-electron chi connectivity index (χ0n) is 6.76. The van der Waals surface area contributed by atoms with Crippen molar-refractivity contribution in [3.05, 3.63) is 34.9 Å². The Kier molecular flexibility index (Phi) is 1.37. The van der Waals surface area contributed by atoms with Gasteiger partial charge in [-0.3, -0.25) is 9.59 Å². The highest BCUT2D eigenvalue weighted by atomic mass is 16.2. The van der Waals surface area contributed by atoms with Crippen LogP contribution in [0.1, 0.15) is 32.7 Å². The smallest absolute Gasteiger partial charge is 0.171 e. The number of carbonyl (C=O) groups is 2. The average molecular weight is 160 g/mol. The number of aryl methyl sites for hydroxylation is 1. The first kappa shape index (κ1) is 7.22. The third-order valence-electron chi connectivity index (χ3n) is 2.10. The molecule has 60 valence electrons. The number of benzene rings is 1. The predicted octanol–water partition coefficient (Wildman–Crippen LogP) is 1.76. The lowest BCUT2D eigenvalue weighted by molar-refractivity contribution is 0.0923. The summed E-state index contributed by atoms with van der Waals surface area (Å²) in [5.74, 6) is -0.0892. The zero-order valence-corrected chi connectivity index (χ0v) is 6.76. The minimum Gasteiger partial charge on any atom is -0.294 e. The van der Waals surface area contributed by atoms with Crippen molar-refractivity contribution < 1.29 is 9.59 Å². The fourth-order valence-electron chi connectivity index (χ4n) is 1.47. The Morgan fingerprint density at radius 2 is 1.75 bits per heavy atom. The number of hydrogen-bond donors (Lipinski definition) is 0. The minimum absolute atomic E-state index is 0.0429. The lowest BCUT2D eigenvalue weighted by atomic mass is 10.1. The molecule has 1 aromatic carbocycles. The van der Waals surface area contributed by atoms with E-state index < -0.39 is 0 Å². The summed E-state index contributed by atoms with van der Waals surface area (Å²) < 4.78 is 0. The molecule has 0 radical (unpaired) electrons. The molecule has 0 N–H and O–H groups in total. The van der Waals surface area contributed by atoms with Crippen LogP contribution in [0.25, 0.3) is 0 Å². The van der Waals surface area contributed by atoms with Crippen LogP contribution in [-0.4, -0.2) is 11.6 Å². The summed E-state index contributed by atoms with van der Waals surface area (Å²) in [5.41, 5.74) is 2.21. The first-order chi connectivity index (χ1) is 5.68. The fraction of sp³-hybridized carbons (Fsp3) is 0.200. The molecule has 0 unspecified atom stereocenters. The lowest BCUT2D eigenvalue weighted by Gasteiger charge is -1.96. The van der Waals surface area contributed by atoms with Gasteiger partial charge in [0.15, 0.2) is 11.6 Å². The highest BCUT2D eigenvalue weighted by Crippen LogP contribution is 2.22. The van der Waals surface area contributed by atoms with Gasteiger partial charge in [-0.2, -0.15) is 0 Å². The van der Waals surface area contributed by atoms with E-state index in [2.05, 4.69) is 0 Å². The molecule has 1 aliphatic carbocycles. The number of fused-ring (bicyclic) bond motifs is 1. The maximum atomic E-state index is 11.2. The van der Waals surface area contributed by atoms with Crippen LogP contribution >= 0.6 is 0 Å². The van der Waals surface area contributed by atoms with Gasteiger partial charge in [0.05, 0.1) is 6.42 Å². The van der Waals surface area contributed by atoms with E-state index >= 15 is 0 Å². The maximum absolute atomic E-state index is 11.2. The summed E-state index contributed by atoms with van der Waals surface area (Å²) in [6.45, 7) is 1.91. The molecule has 2 rings (SSSR count). The van der Waals surface area contributed by atoms with Gasteiger partial charge in [-0.15, -0.1) is 0 Å². The van der Waals surface area contributed by atoms with Gasteiger partial charge in [0, 0.05) is 11.1 Å². The van der Waals surface area contributed by atoms with E-state index in [-0.39, 0.29) is 18.0 Å². The first-order valence-corrected chi connectivity index (χ1v) is 3.85. The molecule has 0 aliphatic heterocycles. The highest BCUT2D eigenvalue weighted by Gasteiger charge is 2.26. The van der Waals surface area contributed by atoms with Crippen molar-refractivity contribution in [2.75, 3.05) is 0 Å². The van der Waals surface area contributed by atoms with Crippen molar-refractivity contribution in [3.8, 4) is 0 Å². The van der Waals surface area contributed by atoms with Gasteiger partial charge < -0.3 is 0 Å². The molecule has 0 bridgehead atoms. The Morgan fingerprint density at radius 3 is 2.50 bits per heavy atom. The summed E-state index contributed by atoms with van der Waals surface area (Å²) in [5, 5.41) is 0. The van der Waals surface area contributed by atoms with Gasteiger partial charge in [0.1, 0.15) is 0 Å². The van der Waals surface area contributed by atoms with Crippen molar-refractivity contribution in [3.63, 3.8) is 0 Å². The molecule has 1 aromatic rings. The zero-order chi connectivity index (χ0) is 8.72. The minimum atomic E-state index is -0.0463. The average Bonchev–Trinajstić information content (AvgIpc) is 2.28. The molecule has 12 heavy (non-hydrogen) atoms. The van der Waals surface area contributed by atoms with E-state index in [4.69, 9.17) is 0 Å². The molecule has 2 nitrogen and oxygen atoms in total. The molecule has 0 spiro atoms. The van der Waals surface area contributed by atoms with Crippen LogP contribution in [0.15, 0.2) is 18.2 Å². The van der Waals surface area contributed by atoms with Crippen LogP contribution in [0.4, 0.5) is 0 Å². The van der Waals surface area contributed by atoms with Crippen molar-refractivity contribution in [2.45, 2.75) is 13.3 Å². The Bertz CT molecular complexity index is 377. The van der Waals surface area contributed by atoms with Crippen LogP contribution in [-0.2, 0) is 0 Å². The van der Waals surface area contributed by atoms with Crippen molar-refractivity contribution in [1.82, 2.24) is 0 Å². The van der Waals surface area contributed by atoms with Crippen molar-refractivity contribution in [1.29, 1.82) is 0 Å². The highest BCUT2D eigenvalue weighted by molar-refractivity contribution is 6.24. The van der Waals surface area contributed by atoms with E-state index in [1.807, 2.05) is 13.0 Å². The molecule has 2 heteroatoms.